The standard InChI is InChI=1S/C21H29Cl2NO6/c1-6-28-17(25)10-13-9-15(24(11-13)20(26)30-21(2,3)4)18-16(29-12-27-5)8-7-14(22)19(18)23/h7-8,13,15H,6,9-12H2,1-5H3/t13-,15+/m0/s1. The number of hydrogen-bond acceptors (Lipinski definition) is 6. The second-order valence-electron chi connectivity index (χ2n) is 8.08. The minimum Gasteiger partial charge on any atom is -0.467 e. The van der Waals surface area contributed by atoms with Crippen LogP contribution in [0, 0.1) is 5.92 Å². The van der Waals surface area contributed by atoms with E-state index in [1.54, 1.807) is 44.7 Å². The number of likely N-dealkylation sites (tertiary alicyclic amines) is 1. The molecular formula is C21H29Cl2NO6. The third-order valence-corrected chi connectivity index (χ3v) is 5.35. The predicted molar refractivity (Wildman–Crippen MR) is 114 cm³/mol. The highest BCUT2D eigenvalue weighted by molar-refractivity contribution is 6.42. The molecule has 0 aromatic heterocycles. The first kappa shape index (κ1) is 24.6. The Morgan fingerprint density at radius 2 is 1.93 bits per heavy atom. The Hall–Kier alpha value is -1.70. The van der Waals surface area contributed by atoms with E-state index in [4.69, 9.17) is 42.1 Å². The number of esters is 1. The number of amides is 1. The molecule has 1 fully saturated rings. The molecule has 2 rings (SSSR count). The summed E-state index contributed by atoms with van der Waals surface area (Å²) in [6, 6.07) is 2.84. The van der Waals surface area contributed by atoms with Crippen LogP contribution in [0.4, 0.5) is 4.79 Å². The van der Waals surface area contributed by atoms with E-state index in [0.717, 1.165) is 0 Å². The molecular weight excluding hydrogens is 433 g/mol. The number of hydrogen-bond donors (Lipinski definition) is 0. The van der Waals surface area contributed by atoms with Gasteiger partial charge < -0.3 is 23.8 Å². The fraction of sp³-hybridized carbons (Fsp3) is 0.619. The molecule has 1 amide bonds. The maximum atomic E-state index is 13.0. The van der Waals surface area contributed by atoms with E-state index in [9.17, 15) is 9.59 Å². The number of methoxy groups -OCH3 is 1. The van der Waals surface area contributed by atoms with Gasteiger partial charge in [-0.3, -0.25) is 4.79 Å². The first-order valence-corrected chi connectivity index (χ1v) is 10.6. The van der Waals surface area contributed by atoms with Crippen LogP contribution in [0.15, 0.2) is 12.1 Å². The Bertz CT molecular complexity index is 765. The quantitative estimate of drug-likeness (QED) is 0.408. The molecule has 9 heteroatoms. The van der Waals surface area contributed by atoms with Gasteiger partial charge in [-0.2, -0.15) is 0 Å². The Labute approximate surface area is 187 Å². The van der Waals surface area contributed by atoms with Crippen molar-refractivity contribution < 1.29 is 28.5 Å². The van der Waals surface area contributed by atoms with Crippen LogP contribution in [0.3, 0.4) is 0 Å². The number of halogens is 2. The third-order valence-electron chi connectivity index (χ3n) is 4.53. The molecule has 0 unspecified atom stereocenters. The number of ether oxygens (including phenoxy) is 4. The van der Waals surface area contributed by atoms with Crippen LogP contribution in [-0.4, -0.2) is 49.6 Å². The lowest BCUT2D eigenvalue weighted by molar-refractivity contribution is -0.144. The Balaban J connectivity index is 2.41. The highest BCUT2D eigenvalue weighted by atomic mass is 35.5. The van der Waals surface area contributed by atoms with Crippen LogP contribution in [0.2, 0.25) is 10.0 Å². The smallest absolute Gasteiger partial charge is 0.410 e. The van der Waals surface area contributed by atoms with Crippen LogP contribution in [0.25, 0.3) is 0 Å². The molecule has 1 aliphatic heterocycles. The van der Waals surface area contributed by atoms with Crippen molar-refractivity contribution in [3.63, 3.8) is 0 Å². The summed E-state index contributed by atoms with van der Waals surface area (Å²) in [6.45, 7) is 7.79. The normalized spacial score (nSPS) is 19.0. The predicted octanol–water partition coefficient (Wildman–Crippen LogP) is 5.23. The molecule has 0 bridgehead atoms. The zero-order chi connectivity index (χ0) is 22.5. The Kier molecular flexibility index (Phi) is 8.64. The van der Waals surface area contributed by atoms with E-state index in [-0.39, 0.29) is 25.1 Å². The highest BCUT2D eigenvalue weighted by Gasteiger charge is 2.41. The zero-order valence-corrected chi connectivity index (χ0v) is 19.5. The molecule has 0 spiro atoms. The van der Waals surface area contributed by atoms with Gasteiger partial charge in [0.05, 0.1) is 29.1 Å². The van der Waals surface area contributed by atoms with Crippen molar-refractivity contribution in [2.24, 2.45) is 5.92 Å². The number of benzene rings is 1. The molecule has 0 N–H and O–H groups in total. The minimum absolute atomic E-state index is 0.0103. The zero-order valence-electron chi connectivity index (χ0n) is 18.0. The van der Waals surface area contributed by atoms with E-state index in [0.29, 0.717) is 40.9 Å². The molecule has 1 aliphatic rings. The fourth-order valence-corrected chi connectivity index (χ4v) is 3.88. The van der Waals surface area contributed by atoms with Gasteiger partial charge in [0, 0.05) is 19.2 Å². The average Bonchev–Trinajstić information content (AvgIpc) is 3.04. The molecule has 7 nitrogen and oxygen atoms in total. The molecule has 30 heavy (non-hydrogen) atoms. The van der Waals surface area contributed by atoms with Crippen LogP contribution in [0.5, 0.6) is 5.75 Å². The lowest BCUT2D eigenvalue weighted by Crippen LogP contribution is -2.37. The molecule has 168 valence electrons. The molecule has 0 saturated carbocycles. The topological polar surface area (TPSA) is 74.3 Å². The summed E-state index contributed by atoms with van der Waals surface area (Å²) in [5.41, 5.74) is -0.104. The van der Waals surface area contributed by atoms with Gasteiger partial charge in [-0.05, 0) is 52.2 Å². The largest absolute Gasteiger partial charge is 0.467 e. The summed E-state index contributed by atoms with van der Waals surface area (Å²) in [6.07, 6.45) is 0.185. The maximum absolute atomic E-state index is 13.0. The van der Waals surface area contributed by atoms with Crippen LogP contribution >= 0.6 is 23.2 Å². The third kappa shape index (κ3) is 6.40. The van der Waals surface area contributed by atoms with Gasteiger partial charge in [0.2, 0.25) is 0 Å². The lowest BCUT2D eigenvalue weighted by Gasteiger charge is -2.30. The van der Waals surface area contributed by atoms with Gasteiger partial charge in [0.25, 0.3) is 0 Å². The van der Waals surface area contributed by atoms with Gasteiger partial charge in [-0.1, -0.05) is 23.2 Å². The van der Waals surface area contributed by atoms with Crippen molar-refractivity contribution in [3.8, 4) is 5.75 Å². The summed E-state index contributed by atoms with van der Waals surface area (Å²) in [5, 5.41) is 0.634. The van der Waals surface area contributed by atoms with E-state index in [1.807, 2.05) is 0 Å². The second kappa shape index (κ2) is 10.6. The number of carbonyl (C=O) groups is 2. The van der Waals surface area contributed by atoms with Crippen molar-refractivity contribution in [3.05, 3.63) is 27.7 Å². The van der Waals surface area contributed by atoms with Crippen LogP contribution < -0.4 is 4.74 Å². The molecule has 0 aliphatic carbocycles. The van der Waals surface area contributed by atoms with Gasteiger partial charge in [-0.15, -0.1) is 0 Å². The SMILES string of the molecule is CCOC(=O)C[C@@H]1C[C@H](c2c(OCOC)ccc(Cl)c2Cl)N(C(=O)OC(C)(C)C)C1. The molecule has 1 saturated heterocycles. The lowest BCUT2D eigenvalue weighted by atomic mass is 9.97. The fourth-order valence-electron chi connectivity index (χ4n) is 3.43. The minimum atomic E-state index is -0.672. The van der Waals surface area contributed by atoms with Crippen molar-refractivity contribution in [2.75, 3.05) is 27.1 Å². The van der Waals surface area contributed by atoms with E-state index in [2.05, 4.69) is 0 Å². The van der Waals surface area contributed by atoms with E-state index in [1.165, 1.54) is 7.11 Å². The van der Waals surface area contributed by atoms with Gasteiger partial charge in [-0.25, -0.2) is 4.79 Å². The van der Waals surface area contributed by atoms with Gasteiger partial charge >= 0.3 is 12.1 Å². The Morgan fingerprint density at radius 3 is 2.53 bits per heavy atom. The van der Waals surface area contributed by atoms with E-state index < -0.39 is 17.7 Å². The molecule has 2 atom stereocenters. The average molecular weight is 462 g/mol. The van der Waals surface area contributed by atoms with Crippen molar-refractivity contribution in [2.45, 2.75) is 52.2 Å². The van der Waals surface area contributed by atoms with Crippen molar-refractivity contribution in [1.82, 2.24) is 4.90 Å². The number of rotatable bonds is 7. The summed E-state index contributed by atoms with van der Waals surface area (Å²) in [7, 11) is 1.51. The summed E-state index contributed by atoms with van der Waals surface area (Å²) in [4.78, 5) is 26.6. The highest BCUT2D eigenvalue weighted by Crippen LogP contribution is 2.46. The molecule has 1 aromatic carbocycles. The number of nitrogens with zero attached hydrogens (tertiary/aromatic N) is 1. The monoisotopic (exact) mass is 461 g/mol. The second-order valence-corrected chi connectivity index (χ2v) is 8.87. The van der Waals surface area contributed by atoms with Crippen LogP contribution in [-0.2, 0) is 19.0 Å². The first-order chi connectivity index (χ1) is 14.1. The summed E-state index contributed by atoms with van der Waals surface area (Å²) < 4.78 is 21.4. The maximum Gasteiger partial charge on any atom is 0.410 e. The summed E-state index contributed by atoms with van der Waals surface area (Å²) in [5.74, 6) is 0.0359. The number of carbonyl (C=O) groups excluding carboxylic acids is 2. The molecule has 0 radical (unpaired) electrons. The van der Waals surface area contributed by atoms with Gasteiger partial charge in [0.15, 0.2) is 6.79 Å². The van der Waals surface area contributed by atoms with Crippen molar-refractivity contribution >= 4 is 35.3 Å². The molecule has 1 heterocycles. The first-order valence-electron chi connectivity index (χ1n) is 9.82. The van der Waals surface area contributed by atoms with Crippen molar-refractivity contribution in [1.29, 1.82) is 0 Å². The molecule has 1 aromatic rings. The summed E-state index contributed by atoms with van der Waals surface area (Å²) >= 11 is 12.8. The Morgan fingerprint density at radius 1 is 1.23 bits per heavy atom. The van der Waals surface area contributed by atoms with Crippen LogP contribution in [0.1, 0.15) is 52.1 Å². The van der Waals surface area contributed by atoms with Gasteiger partial charge in [0.1, 0.15) is 11.4 Å². The van der Waals surface area contributed by atoms with E-state index >= 15 is 0 Å².